The minimum Gasteiger partial charge on any atom is -0.493 e. The first kappa shape index (κ1) is 18.8. The average Bonchev–Trinajstić information content (AvgIpc) is 2.46. The van der Waals surface area contributed by atoms with Crippen molar-refractivity contribution in [2.75, 3.05) is 39.8 Å². The number of rotatable bonds is 6. The molecule has 20 heavy (non-hydrogen) atoms. The maximum Gasteiger partial charge on any atom is 0.195 e. The van der Waals surface area contributed by atoms with Gasteiger partial charge in [-0.1, -0.05) is 0 Å². The largest absolute Gasteiger partial charge is 0.493 e. The zero-order chi connectivity index (χ0) is 14.1. The molecule has 0 unspecified atom stereocenters. The molecule has 0 saturated heterocycles. The molecule has 0 aliphatic heterocycles. The molecule has 0 amide bonds. The summed E-state index contributed by atoms with van der Waals surface area (Å²) >= 11 is 0. The van der Waals surface area contributed by atoms with Crippen LogP contribution in [0.2, 0.25) is 0 Å². The van der Waals surface area contributed by atoms with Gasteiger partial charge in [0.2, 0.25) is 0 Å². The van der Waals surface area contributed by atoms with E-state index in [0.29, 0.717) is 30.4 Å². The molecule has 114 valence electrons. The first-order chi connectivity index (χ1) is 9.24. The Balaban J connectivity index is 0.00000361. The average molecular weight is 397 g/mol. The fourth-order valence-corrected chi connectivity index (χ4v) is 1.50. The fourth-order valence-electron chi connectivity index (χ4n) is 1.50. The minimum absolute atomic E-state index is 0. The standard InChI is InChI=1S/C13H20FN3O2.HI/c1-15-13(16-8-4-7-14)17-10-5-6-11(18-2)12(9-10)19-3;/h5-6,9H,4,7-8H2,1-3H3,(H2,15,16,17);1H. The molecular formula is C13H21FIN3O2. The van der Waals surface area contributed by atoms with Gasteiger partial charge < -0.3 is 20.1 Å². The second-order valence-corrected chi connectivity index (χ2v) is 3.74. The van der Waals surface area contributed by atoms with Crippen LogP contribution in [-0.4, -0.2) is 40.4 Å². The summed E-state index contributed by atoms with van der Waals surface area (Å²) in [5.74, 6) is 1.88. The second-order valence-electron chi connectivity index (χ2n) is 3.74. The van der Waals surface area contributed by atoms with Crippen molar-refractivity contribution < 1.29 is 13.9 Å². The summed E-state index contributed by atoms with van der Waals surface area (Å²) in [5.41, 5.74) is 0.811. The zero-order valence-corrected chi connectivity index (χ0v) is 14.2. The first-order valence-electron chi connectivity index (χ1n) is 6.00. The molecule has 0 aliphatic carbocycles. The Hall–Kier alpha value is -1.25. The van der Waals surface area contributed by atoms with Gasteiger partial charge in [-0.3, -0.25) is 9.38 Å². The summed E-state index contributed by atoms with van der Waals surface area (Å²) < 4.78 is 22.4. The van der Waals surface area contributed by atoms with Crippen LogP contribution in [0, 0.1) is 0 Å². The molecule has 1 rings (SSSR count). The molecule has 1 aromatic rings. The number of methoxy groups -OCH3 is 2. The molecule has 0 atom stereocenters. The molecule has 0 heterocycles. The molecule has 0 radical (unpaired) electrons. The van der Waals surface area contributed by atoms with Crippen molar-refractivity contribution in [3.8, 4) is 11.5 Å². The molecule has 7 heteroatoms. The number of hydrogen-bond donors (Lipinski definition) is 2. The van der Waals surface area contributed by atoms with Crippen molar-refractivity contribution in [2.45, 2.75) is 6.42 Å². The number of aliphatic imine (C=N–C) groups is 1. The van der Waals surface area contributed by atoms with Crippen LogP contribution in [0.1, 0.15) is 6.42 Å². The van der Waals surface area contributed by atoms with Gasteiger partial charge in [0, 0.05) is 25.3 Å². The van der Waals surface area contributed by atoms with E-state index in [-0.39, 0.29) is 30.7 Å². The van der Waals surface area contributed by atoms with E-state index in [1.807, 2.05) is 6.07 Å². The fraction of sp³-hybridized carbons (Fsp3) is 0.462. The number of anilines is 1. The summed E-state index contributed by atoms with van der Waals surface area (Å²) in [5, 5.41) is 6.11. The highest BCUT2D eigenvalue weighted by Gasteiger charge is 2.05. The Morgan fingerprint density at radius 3 is 2.50 bits per heavy atom. The van der Waals surface area contributed by atoms with Crippen molar-refractivity contribution >= 4 is 35.6 Å². The van der Waals surface area contributed by atoms with Gasteiger partial charge in [-0.25, -0.2) is 0 Å². The van der Waals surface area contributed by atoms with E-state index < -0.39 is 0 Å². The van der Waals surface area contributed by atoms with Gasteiger partial charge >= 0.3 is 0 Å². The number of hydrogen-bond acceptors (Lipinski definition) is 3. The van der Waals surface area contributed by atoms with Crippen LogP contribution >= 0.6 is 24.0 Å². The van der Waals surface area contributed by atoms with Gasteiger partial charge in [0.15, 0.2) is 17.5 Å². The van der Waals surface area contributed by atoms with E-state index in [2.05, 4.69) is 15.6 Å². The highest BCUT2D eigenvalue weighted by Crippen LogP contribution is 2.29. The number of halogens is 2. The topological polar surface area (TPSA) is 54.9 Å². The molecule has 0 saturated carbocycles. The number of guanidine groups is 1. The Morgan fingerprint density at radius 2 is 1.95 bits per heavy atom. The Bertz CT molecular complexity index is 430. The summed E-state index contributed by atoms with van der Waals surface area (Å²) in [6, 6.07) is 5.46. The van der Waals surface area contributed by atoms with Gasteiger partial charge in [-0.05, 0) is 18.6 Å². The summed E-state index contributed by atoms with van der Waals surface area (Å²) in [4.78, 5) is 4.05. The van der Waals surface area contributed by atoms with Crippen molar-refractivity contribution in [2.24, 2.45) is 4.99 Å². The maximum atomic E-state index is 12.0. The number of ether oxygens (including phenoxy) is 2. The molecule has 0 bridgehead atoms. The molecule has 0 spiro atoms. The van der Waals surface area contributed by atoms with Crippen molar-refractivity contribution in [3.05, 3.63) is 18.2 Å². The number of benzene rings is 1. The maximum absolute atomic E-state index is 12.0. The first-order valence-corrected chi connectivity index (χ1v) is 6.00. The van der Waals surface area contributed by atoms with E-state index in [0.717, 1.165) is 5.69 Å². The Kier molecular flexibility index (Phi) is 9.87. The van der Waals surface area contributed by atoms with Crippen LogP contribution in [0.25, 0.3) is 0 Å². The van der Waals surface area contributed by atoms with Crippen molar-refractivity contribution in [3.63, 3.8) is 0 Å². The highest BCUT2D eigenvalue weighted by atomic mass is 127. The predicted molar refractivity (Wildman–Crippen MR) is 90.5 cm³/mol. The normalized spacial score (nSPS) is 10.5. The third-order valence-electron chi connectivity index (χ3n) is 2.47. The van der Waals surface area contributed by atoms with Crippen LogP contribution in [-0.2, 0) is 0 Å². The third kappa shape index (κ3) is 5.81. The van der Waals surface area contributed by atoms with Crippen molar-refractivity contribution in [1.82, 2.24) is 5.32 Å². The Labute approximate surface area is 136 Å². The quantitative estimate of drug-likeness (QED) is 0.336. The summed E-state index contributed by atoms with van der Waals surface area (Å²) in [6.45, 7) is 0.184. The predicted octanol–water partition coefficient (Wildman–Crippen LogP) is 2.67. The molecular weight excluding hydrogens is 376 g/mol. The molecule has 0 aromatic heterocycles. The van der Waals surface area contributed by atoms with E-state index in [1.54, 1.807) is 33.4 Å². The van der Waals surface area contributed by atoms with E-state index in [9.17, 15) is 4.39 Å². The summed E-state index contributed by atoms with van der Waals surface area (Å²) in [7, 11) is 4.82. The van der Waals surface area contributed by atoms with Crippen LogP contribution < -0.4 is 20.1 Å². The van der Waals surface area contributed by atoms with E-state index in [4.69, 9.17) is 9.47 Å². The zero-order valence-electron chi connectivity index (χ0n) is 11.9. The van der Waals surface area contributed by atoms with Gasteiger partial charge in [-0.2, -0.15) is 0 Å². The smallest absolute Gasteiger partial charge is 0.195 e. The molecule has 2 N–H and O–H groups in total. The summed E-state index contributed by atoms with van der Waals surface area (Å²) in [6.07, 6.45) is 0.451. The van der Waals surface area contributed by atoms with Gasteiger partial charge in [0.05, 0.1) is 20.9 Å². The number of alkyl halides is 1. The van der Waals surface area contributed by atoms with E-state index >= 15 is 0 Å². The minimum atomic E-state index is -0.347. The van der Waals surface area contributed by atoms with Gasteiger partial charge in [-0.15, -0.1) is 24.0 Å². The lowest BCUT2D eigenvalue weighted by Crippen LogP contribution is -2.31. The lowest BCUT2D eigenvalue weighted by molar-refractivity contribution is 0.355. The lowest BCUT2D eigenvalue weighted by Gasteiger charge is -2.13. The third-order valence-corrected chi connectivity index (χ3v) is 2.47. The van der Waals surface area contributed by atoms with Crippen molar-refractivity contribution in [1.29, 1.82) is 0 Å². The molecule has 0 fully saturated rings. The van der Waals surface area contributed by atoms with Crippen LogP contribution in [0.15, 0.2) is 23.2 Å². The lowest BCUT2D eigenvalue weighted by atomic mass is 10.3. The molecule has 0 aliphatic rings. The highest BCUT2D eigenvalue weighted by molar-refractivity contribution is 14.0. The number of nitrogens with zero attached hydrogens (tertiary/aromatic N) is 1. The Morgan fingerprint density at radius 1 is 1.25 bits per heavy atom. The number of nitrogens with one attached hydrogen (secondary N) is 2. The second kappa shape index (κ2) is 10.5. The van der Waals surface area contributed by atoms with Crippen LogP contribution in [0.3, 0.4) is 0 Å². The van der Waals surface area contributed by atoms with Crippen LogP contribution in [0.5, 0.6) is 11.5 Å². The van der Waals surface area contributed by atoms with Gasteiger partial charge in [0.25, 0.3) is 0 Å². The molecule has 5 nitrogen and oxygen atoms in total. The SMILES string of the molecule is CN=C(NCCCF)Nc1ccc(OC)c(OC)c1.I. The van der Waals surface area contributed by atoms with Crippen LogP contribution in [0.4, 0.5) is 10.1 Å². The van der Waals surface area contributed by atoms with E-state index in [1.165, 1.54) is 0 Å². The molecule has 1 aromatic carbocycles. The van der Waals surface area contributed by atoms with Gasteiger partial charge in [0.1, 0.15) is 0 Å². The monoisotopic (exact) mass is 397 g/mol.